The Morgan fingerprint density at radius 3 is 2.00 bits per heavy atom. The van der Waals surface area contributed by atoms with Gasteiger partial charge in [0.15, 0.2) is 0 Å². The highest BCUT2D eigenvalue weighted by Gasteiger charge is 2.02. The van der Waals surface area contributed by atoms with Crippen LogP contribution in [-0.2, 0) is 0 Å². The van der Waals surface area contributed by atoms with E-state index in [0.29, 0.717) is 5.75 Å². The van der Waals surface area contributed by atoms with Crippen LogP contribution in [0.5, 0.6) is 5.75 Å². The molecule has 3 aromatic carbocycles. The summed E-state index contributed by atoms with van der Waals surface area (Å²) in [7, 11) is 4.10. The Kier molecular flexibility index (Phi) is 3.07. The molecule has 1 N–H and O–H groups in total. The Hall–Kier alpha value is -2.48. The van der Waals surface area contributed by atoms with Gasteiger partial charge < -0.3 is 10.0 Å². The van der Waals surface area contributed by atoms with Gasteiger partial charge in [0.2, 0.25) is 0 Å². The highest BCUT2D eigenvalue weighted by Crippen LogP contribution is 2.27. The van der Waals surface area contributed by atoms with Crippen LogP contribution < -0.4 is 4.90 Å². The van der Waals surface area contributed by atoms with Gasteiger partial charge in [-0.1, -0.05) is 30.3 Å². The summed E-state index contributed by atoms with van der Waals surface area (Å²) >= 11 is 0. The molecule has 0 fully saturated rings. The lowest BCUT2D eigenvalue weighted by molar-refractivity contribution is 0.475. The predicted molar refractivity (Wildman–Crippen MR) is 85.4 cm³/mol. The van der Waals surface area contributed by atoms with Crippen LogP contribution in [0.3, 0.4) is 0 Å². The molecule has 0 unspecified atom stereocenters. The summed E-state index contributed by atoms with van der Waals surface area (Å²) in [5, 5.41) is 11.8. The van der Waals surface area contributed by atoms with E-state index in [9.17, 15) is 5.11 Å². The molecule has 0 atom stereocenters. The van der Waals surface area contributed by atoms with Crippen molar-refractivity contribution >= 4 is 16.5 Å². The summed E-state index contributed by atoms with van der Waals surface area (Å²) in [4.78, 5) is 2.10. The number of phenols is 1. The van der Waals surface area contributed by atoms with E-state index < -0.39 is 0 Å². The molecule has 0 amide bonds. The van der Waals surface area contributed by atoms with Crippen LogP contribution in [0.25, 0.3) is 21.9 Å². The molecule has 20 heavy (non-hydrogen) atoms. The summed E-state index contributed by atoms with van der Waals surface area (Å²) in [5.41, 5.74) is 3.48. The number of anilines is 1. The lowest BCUT2D eigenvalue weighted by atomic mass is 10.0. The molecule has 2 nitrogen and oxygen atoms in total. The number of rotatable bonds is 2. The minimum atomic E-state index is 0.296. The quantitative estimate of drug-likeness (QED) is 0.746. The molecular formula is C18H17NO. The summed E-state index contributed by atoms with van der Waals surface area (Å²) in [6.45, 7) is 0. The number of aromatic hydroxyl groups is 1. The first-order chi connectivity index (χ1) is 9.63. The molecule has 100 valence electrons. The Labute approximate surface area is 118 Å². The van der Waals surface area contributed by atoms with E-state index in [1.807, 2.05) is 26.2 Å². The third kappa shape index (κ3) is 2.32. The van der Waals surface area contributed by atoms with Crippen LogP contribution in [0.2, 0.25) is 0 Å². The standard InChI is InChI=1S/C18H17NO/c1-19(2)17-8-5-15-11-14(3-4-16(15)12-17)13-6-9-18(20)10-7-13/h3-12,20H,1-2H3. The van der Waals surface area contributed by atoms with Crippen LogP contribution in [0.1, 0.15) is 0 Å². The van der Waals surface area contributed by atoms with Gasteiger partial charge in [0, 0.05) is 19.8 Å². The van der Waals surface area contributed by atoms with Gasteiger partial charge in [-0.3, -0.25) is 0 Å². The van der Waals surface area contributed by atoms with Gasteiger partial charge in [0.05, 0.1) is 0 Å². The molecule has 0 saturated heterocycles. The predicted octanol–water partition coefficient (Wildman–Crippen LogP) is 4.28. The Bertz CT molecular complexity index is 745. The van der Waals surface area contributed by atoms with Crippen molar-refractivity contribution in [1.29, 1.82) is 0 Å². The Balaban J connectivity index is 2.07. The smallest absolute Gasteiger partial charge is 0.115 e. The van der Waals surface area contributed by atoms with Crippen LogP contribution in [0, 0.1) is 0 Å². The normalized spacial score (nSPS) is 10.7. The molecule has 0 radical (unpaired) electrons. The van der Waals surface area contributed by atoms with Crippen molar-refractivity contribution in [2.24, 2.45) is 0 Å². The van der Waals surface area contributed by atoms with Gasteiger partial charge in [0.25, 0.3) is 0 Å². The maximum atomic E-state index is 9.35. The van der Waals surface area contributed by atoms with E-state index >= 15 is 0 Å². The van der Waals surface area contributed by atoms with E-state index in [1.165, 1.54) is 16.5 Å². The zero-order valence-corrected chi connectivity index (χ0v) is 11.7. The van der Waals surface area contributed by atoms with Gasteiger partial charge in [0.1, 0.15) is 5.75 Å². The summed E-state index contributed by atoms with van der Waals surface area (Å²) in [6.07, 6.45) is 0. The fraction of sp³-hybridized carbons (Fsp3) is 0.111. The molecule has 0 aliphatic rings. The first-order valence-corrected chi connectivity index (χ1v) is 6.64. The zero-order chi connectivity index (χ0) is 14.1. The lowest BCUT2D eigenvalue weighted by Gasteiger charge is -2.13. The lowest BCUT2D eigenvalue weighted by Crippen LogP contribution is -2.07. The van der Waals surface area contributed by atoms with E-state index in [2.05, 4.69) is 41.3 Å². The SMILES string of the molecule is CN(C)c1ccc2cc(-c3ccc(O)cc3)ccc2c1. The summed E-state index contributed by atoms with van der Waals surface area (Å²) in [6, 6.07) is 20.2. The highest BCUT2D eigenvalue weighted by atomic mass is 16.3. The number of fused-ring (bicyclic) bond motifs is 1. The van der Waals surface area contributed by atoms with Crippen molar-refractivity contribution in [3.8, 4) is 16.9 Å². The van der Waals surface area contributed by atoms with E-state index in [4.69, 9.17) is 0 Å². The van der Waals surface area contributed by atoms with Crippen LogP contribution in [0.4, 0.5) is 5.69 Å². The molecule has 2 heteroatoms. The fourth-order valence-corrected chi connectivity index (χ4v) is 2.34. The van der Waals surface area contributed by atoms with Crippen molar-refractivity contribution in [2.45, 2.75) is 0 Å². The average molecular weight is 263 g/mol. The van der Waals surface area contributed by atoms with E-state index in [0.717, 1.165) is 11.1 Å². The van der Waals surface area contributed by atoms with Crippen molar-refractivity contribution in [3.63, 3.8) is 0 Å². The highest BCUT2D eigenvalue weighted by molar-refractivity contribution is 5.89. The largest absolute Gasteiger partial charge is 0.508 e. The molecule has 0 heterocycles. The molecule has 0 spiro atoms. The number of nitrogens with zero attached hydrogens (tertiary/aromatic N) is 1. The maximum absolute atomic E-state index is 9.35. The van der Waals surface area contributed by atoms with Gasteiger partial charge in [-0.25, -0.2) is 0 Å². The van der Waals surface area contributed by atoms with Crippen LogP contribution >= 0.6 is 0 Å². The topological polar surface area (TPSA) is 23.5 Å². The monoisotopic (exact) mass is 263 g/mol. The number of hydrogen-bond donors (Lipinski definition) is 1. The third-order valence-corrected chi connectivity index (χ3v) is 3.54. The number of phenolic OH excluding ortho intramolecular Hbond substituents is 1. The zero-order valence-electron chi connectivity index (χ0n) is 11.7. The molecule has 3 aromatic rings. The van der Waals surface area contributed by atoms with E-state index in [-0.39, 0.29) is 0 Å². The maximum Gasteiger partial charge on any atom is 0.115 e. The van der Waals surface area contributed by atoms with E-state index in [1.54, 1.807) is 12.1 Å². The first kappa shape index (κ1) is 12.5. The van der Waals surface area contributed by atoms with Crippen molar-refractivity contribution in [3.05, 3.63) is 60.7 Å². The van der Waals surface area contributed by atoms with Crippen LogP contribution in [-0.4, -0.2) is 19.2 Å². The fourth-order valence-electron chi connectivity index (χ4n) is 2.34. The molecule has 0 aliphatic heterocycles. The minimum absolute atomic E-state index is 0.296. The average Bonchev–Trinajstić information content (AvgIpc) is 2.47. The van der Waals surface area contributed by atoms with Gasteiger partial charge in [-0.2, -0.15) is 0 Å². The minimum Gasteiger partial charge on any atom is -0.508 e. The summed E-state index contributed by atoms with van der Waals surface area (Å²) in [5.74, 6) is 0.296. The van der Waals surface area contributed by atoms with Gasteiger partial charge >= 0.3 is 0 Å². The molecule has 3 rings (SSSR count). The van der Waals surface area contributed by atoms with Crippen molar-refractivity contribution < 1.29 is 5.11 Å². The van der Waals surface area contributed by atoms with Gasteiger partial charge in [-0.05, 0) is 52.2 Å². The third-order valence-electron chi connectivity index (χ3n) is 3.54. The first-order valence-electron chi connectivity index (χ1n) is 6.64. The second-order valence-corrected chi connectivity index (χ2v) is 5.19. The van der Waals surface area contributed by atoms with Crippen molar-refractivity contribution in [2.75, 3.05) is 19.0 Å². The Morgan fingerprint density at radius 1 is 0.700 bits per heavy atom. The van der Waals surface area contributed by atoms with Gasteiger partial charge in [-0.15, -0.1) is 0 Å². The Morgan fingerprint density at radius 2 is 1.30 bits per heavy atom. The number of hydrogen-bond acceptors (Lipinski definition) is 2. The second-order valence-electron chi connectivity index (χ2n) is 5.19. The molecular weight excluding hydrogens is 246 g/mol. The molecule has 0 bridgehead atoms. The molecule has 0 saturated carbocycles. The summed E-state index contributed by atoms with van der Waals surface area (Å²) < 4.78 is 0. The number of benzene rings is 3. The van der Waals surface area contributed by atoms with Crippen molar-refractivity contribution in [1.82, 2.24) is 0 Å². The molecule has 0 aromatic heterocycles. The van der Waals surface area contributed by atoms with Crippen LogP contribution in [0.15, 0.2) is 60.7 Å². The molecule has 0 aliphatic carbocycles. The second kappa shape index (κ2) is 4.89.